The Morgan fingerprint density at radius 3 is 2.38 bits per heavy atom. The smallest absolute Gasteiger partial charge is 0.249 e. The van der Waals surface area contributed by atoms with Crippen molar-refractivity contribution in [2.75, 3.05) is 5.32 Å². The van der Waals surface area contributed by atoms with Crippen LogP contribution in [0.3, 0.4) is 0 Å². The lowest BCUT2D eigenvalue weighted by Gasteiger charge is -2.11. The van der Waals surface area contributed by atoms with Gasteiger partial charge in [0.15, 0.2) is 0 Å². The molecule has 34 heavy (non-hydrogen) atoms. The lowest BCUT2D eigenvalue weighted by atomic mass is 10.1. The van der Waals surface area contributed by atoms with E-state index >= 15 is 0 Å². The standard InChI is InChI=1S/C24H17FI2N4O3/c25-18-3-1-2-4-21(18)30-22(32)11-23(33)31-29-13-17-9-19(26)24(20(27)10-17)34-14-16-7-5-15(12-28)6-8-16/h1-10,13H,11,14H2,(H,30,32)(H,31,33). The van der Waals surface area contributed by atoms with E-state index in [-0.39, 0.29) is 5.69 Å². The summed E-state index contributed by atoms with van der Waals surface area (Å²) >= 11 is 4.31. The van der Waals surface area contributed by atoms with E-state index in [0.717, 1.165) is 24.0 Å². The molecule has 0 aromatic heterocycles. The van der Waals surface area contributed by atoms with Crippen LogP contribution in [-0.4, -0.2) is 18.0 Å². The number of nitrogens with zero attached hydrogens (tertiary/aromatic N) is 2. The van der Waals surface area contributed by atoms with Gasteiger partial charge in [0.1, 0.15) is 24.6 Å². The zero-order chi connectivity index (χ0) is 24.5. The first-order chi connectivity index (χ1) is 16.4. The molecule has 0 heterocycles. The van der Waals surface area contributed by atoms with Crippen LogP contribution in [0.1, 0.15) is 23.1 Å². The number of hydrazone groups is 1. The second kappa shape index (κ2) is 12.4. The van der Waals surface area contributed by atoms with Crippen LogP contribution in [0, 0.1) is 24.3 Å². The summed E-state index contributed by atoms with van der Waals surface area (Å²) in [6, 6.07) is 18.6. The largest absolute Gasteiger partial charge is 0.487 e. The van der Waals surface area contributed by atoms with Gasteiger partial charge in [0.25, 0.3) is 0 Å². The molecule has 0 aliphatic rings. The minimum absolute atomic E-state index is 0.00874. The van der Waals surface area contributed by atoms with Crippen molar-refractivity contribution in [1.29, 1.82) is 5.26 Å². The lowest BCUT2D eigenvalue weighted by molar-refractivity contribution is -0.126. The van der Waals surface area contributed by atoms with Crippen molar-refractivity contribution in [3.05, 3.63) is 90.3 Å². The molecule has 0 fully saturated rings. The first-order valence-corrected chi connectivity index (χ1v) is 12.0. The number of benzene rings is 3. The average molecular weight is 682 g/mol. The molecule has 3 aromatic rings. The van der Waals surface area contributed by atoms with E-state index in [9.17, 15) is 14.0 Å². The fourth-order valence-corrected chi connectivity index (χ4v) is 4.87. The van der Waals surface area contributed by atoms with E-state index in [1.54, 1.807) is 18.2 Å². The van der Waals surface area contributed by atoms with Gasteiger partial charge in [-0.1, -0.05) is 24.3 Å². The predicted octanol–water partition coefficient (Wildman–Crippen LogP) is 4.96. The fraction of sp³-hybridized carbons (Fsp3) is 0.0833. The third-order valence-corrected chi connectivity index (χ3v) is 5.96. The maximum atomic E-state index is 13.6. The number of hydrogen-bond donors (Lipinski definition) is 2. The van der Waals surface area contributed by atoms with Gasteiger partial charge in [-0.2, -0.15) is 10.4 Å². The minimum atomic E-state index is -0.648. The summed E-state index contributed by atoms with van der Waals surface area (Å²) in [6.45, 7) is 0.357. The van der Waals surface area contributed by atoms with E-state index in [1.165, 1.54) is 24.4 Å². The molecule has 10 heteroatoms. The molecule has 3 rings (SSSR count). The topological polar surface area (TPSA) is 104 Å². The third-order valence-electron chi connectivity index (χ3n) is 4.36. The van der Waals surface area contributed by atoms with Gasteiger partial charge >= 0.3 is 0 Å². The summed E-state index contributed by atoms with van der Waals surface area (Å²) in [5, 5.41) is 15.1. The van der Waals surface area contributed by atoms with E-state index in [2.05, 4.69) is 67.1 Å². The first kappa shape index (κ1) is 25.6. The van der Waals surface area contributed by atoms with Crippen LogP contribution in [0.2, 0.25) is 0 Å². The van der Waals surface area contributed by atoms with Gasteiger partial charge in [-0.05, 0) is 92.7 Å². The van der Waals surface area contributed by atoms with Gasteiger partial charge in [0.2, 0.25) is 11.8 Å². The molecule has 0 bridgehead atoms. The number of amides is 2. The molecule has 2 N–H and O–H groups in total. The minimum Gasteiger partial charge on any atom is -0.487 e. The number of carbonyl (C=O) groups is 2. The number of rotatable bonds is 8. The lowest BCUT2D eigenvalue weighted by Crippen LogP contribution is -2.24. The summed E-state index contributed by atoms with van der Waals surface area (Å²) in [5.41, 5.74) is 4.56. The highest BCUT2D eigenvalue weighted by Crippen LogP contribution is 2.29. The zero-order valence-electron chi connectivity index (χ0n) is 17.5. The molecule has 0 aliphatic heterocycles. The first-order valence-electron chi connectivity index (χ1n) is 9.83. The van der Waals surface area contributed by atoms with Crippen molar-refractivity contribution in [1.82, 2.24) is 5.43 Å². The highest BCUT2D eigenvalue weighted by atomic mass is 127. The Balaban J connectivity index is 1.53. The number of nitriles is 1. The number of carbonyl (C=O) groups excluding carboxylic acids is 2. The van der Waals surface area contributed by atoms with Gasteiger partial charge in [-0.25, -0.2) is 9.82 Å². The Morgan fingerprint density at radius 1 is 1.06 bits per heavy atom. The fourth-order valence-electron chi connectivity index (χ4n) is 2.74. The van der Waals surface area contributed by atoms with E-state index in [4.69, 9.17) is 10.00 Å². The number of ether oxygens (including phenoxy) is 1. The molecule has 0 aliphatic carbocycles. The van der Waals surface area contributed by atoms with Gasteiger partial charge < -0.3 is 10.1 Å². The Morgan fingerprint density at radius 2 is 1.74 bits per heavy atom. The normalized spacial score (nSPS) is 10.5. The molecule has 172 valence electrons. The maximum Gasteiger partial charge on any atom is 0.249 e. The second-order valence-electron chi connectivity index (χ2n) is 6.91. The molecule has 0 unspecified atom stereocenters. The maximum absolute atomic E-state index is 13.6. The quantitative estimate of drug-likeness (QED) is 0.152. The highest BCUT2D eigenvalue weighted by Gasteiger charge is 2.12. The average Bonchev–Trinajstić information content (AvgIpc) is 2.80. The summed E-state index contributed by atoms with van der Waals surface area (Å²) in [4.78, 5) is 23.9. The van der Waals surface area contributed by atoms with Crippen LogP contribution in [0.25, 0.3) is 0 Å². The van der Waals surface area contributed by atoms with Gasteiger partial charge in [-0.15, -0.1) is 0 Å². The number of anilines is 1. The summed E-state index contributed by atoms with van der Waals surface area (Å²) in [5.74, 6) is -1.14. The molecule has 0 atom stereocenters. The zero-order valence-corrected chi connectivity index (χ0v) is 21.8. The van der Waals surface area contributed by atoms with E-state index in [1.807, 2.05) is 24.3 Å². The van der Waals surface area contributed by atoms with Gasteiger partial charge in [0, 0.05) is 0 Å². The molecule has 0 spiro atoms. The Bertz CT molecular complexity index is 1250. The Labute approximate surface area is 222 Å². The molecule has 7 nitrogen and oxygen atoms in total. The van der Waals surface area contributed by atoms with Gasteiger partial charge in [0.05, 0.1) is 30.7 Å². The van der Waals surface area contributed by atoms with Crippen molar-refractivity contribution in [3.63, 3.8) is 0 Å². The Hall–Kier alpha value is -3.05. The SMILES string of the molecule is N#Cc1ccc(COc2c(I)cc(C=NNC(=O)CC(=O)Nc3ccccc3F)cc2I)cc1. The molecule has 3 aromatic carbocycles. The van der Waals surface area contributed by atoms with Crippen molar-refractivity contribution < 1.29 is 18.7 Å². The van der Waals surface area contributed by atoms with Crippen molar-refractivity contribution >= 4 is 68.9 Å². The van der Waals surface area contributed by atoms with E-state index in [0.29, 0.717) is 12.2 Å². The van der Waals surface area contributed by atoms with Crippen molar-refractivity contribution in [2.45, 2.75) is 13.0 Å². The molecule has 0 saturated carbocycles. The molecule has 0 saturated heterocycles. The van der Waals surface area contributed by atoms with Crippen LogP contribution in [0.15, 0.2) is 65.8 Å². The van der Waals surface area contributed by atoms with Crippen LogP contribution in [0.4, 0.5) is 10.1 Å². The molecule has 2 amide bonds. The Kier molecular flexibility index (Phi) is 9.34. The van der Waals surface area contributed by atoms with Crippen LogP contribution in [-0.2, 0) is 16.2 Å². The van der Waals surface area contributed by atoms with Crippen molar-refractivity contribution in [3.8, 4) is 11.8 Å². The third kappa shape index (κ3) is 7.49. The summed E-state index contributed by atoms with van der Waals surface area (Å²) in [6.07, 6.45) is 0.963. The highest BCUT2D eigenvalue weighted by molar-refractivity contribution is 14.1. The second-order valence-corrected chi connectivity index (χ2v) is 9.23. The molecule has 0 radical (unpaired) electrons. The number of halogens is 3. The monoisotopic (exact) mass is 682 g/mol. The molecular formula is C24H17FI2N4O3. The predicted molar refractivity (Wildman–Crippen MR) is 143 cm³/mol. The summed E-state index contributed by atoms with van der Waals surface area (Å²) in [7, 11) is 0. The number of hydrogen-bond acceptors (Lipinski definition) is 5. The summed E-state index contributed by atoms with van der Waals surface area (Å²) < 4.78 is 21.2. The van der Waals surface area contributed by atoms with Crippen LogP contribution in [0.5, 0.6) is 5.75 Å². The van der Waals surface area contributed by atoms with Crippen LogP contribution < -0.4 is 15.5 Å². The van der Waals surface area contributed by atoms with Gasteiger partial charge in [-0.3, -0.25) is 9.59 Å². The number of para-hydroxylation sites is 1. The van der Waals surface area contributed by atoms with E-state index < -0.39 is 24.1 Å². The molecular weight excluding hydrogens is 665 g/mol. The van der Waals surface area contributed by atoms with Crippen molar-refractivity contribution in [2.24, 2.45) is 5.10 Å². The number of nitrogens with one attached hydrogen (secondary N) is 2. The van der Waals surface area contributed by atoms with Crippen LogP contribution >= 0.6 is 45.2 Å².